The van der Waals surface area contributed by atoms with E-state index in [1.54, 1.807) is 28.0 Å². The number of hydrogen-bond acceptors (Lipinski definition) is 4. The van der Waals surface area contributed by atoms with E-state index in [1.807, 2.05) is 36.4 Å². The van der Waals surface area contributed by atoms with Crippen molar-refractivity contribution in [2.45, 2.75) is 6.54 Å². The Kier molecular flexibility index (Phi) is 5.24. The first-order chi connectivity index (χ1) is 14.1. The molecule has 8 nitrogen and oxygen atoms in total. The molecular weight excluding hydrogens is 370 g/mol. The van der Waals surface area contributed by atoms with Gasteiger partial charge in [-0.2, -0.15) is 0 Å². The fourth-order valence-electron chi connectivity index (χ4n) is 3.35. The number of benzene rings is 2. The number of nitrogens with one attached hydrogen (secondary N) is 1. The van der Waals surface area contributed by atoms with E-state index in [2.05, 4.69) is 10.3 Å². The summed E-state index contributed by atoms with van der Waals surface area (Å²) in [5.41, 5.74) is 1.11. The predicted octanol–water partition coefficient (Wildman–Crippen LogP) is 1.77. The van der Waals surface area contributed by atoms with Crippen molar-refractivity contribution in [1.82, 2.24) is 19.4 Å². The molecule has 3 amide bonds. The van der Waals surface area contributed by atoms with Crippen molar-refractivity contribution in [2.24, 2.45) is 0 Å². The van der Waals surface area contributed by atoms with Gasteiger partial charge < -0.3 is 15.1 Å². The van der Waals surface area contributed by atoms with Crippen molar-refractivity contribution in [1.29, 1.82) is 0 Å². The summed E-state index contributed by atoms with van der Waals surface area (Å²) in [4.78, 5) is 45.2. The predicted molar refractivity (Wildman–Crippen MR) is 110 cm³/mol. The summed E-state index contributed by atoms with van der Waals surface area (Å²) in [5, 5.41) is 3.34. The van der Waals surface area contributed by atoms with Crippen LogP contribution in [0.15, 0.2) is 65.7 Å². The number of carbonyl (C=O) groups is 2. The molecule has 0 atom stereocenters. The maximum absolute atomic E-state index is 12.6. The van der Waals surface area contributed by atoms with Gasteiger partial charge in [0.25, 0.3) is 5.56 Å². The quantitative estimate of drug-likeness (QED) is 0.737. The number of nitrogens with zero attached hydrogens (tertiary/aromatic N) is 4. The molecule has 0 unspecified atom stereocenters. The molecule has 0 spiro atoms. The third kappa shape index (κ3) is 4.11. The van der Waals surface area contributed by atoms with Crippen molar-refractivity contribution in [3.63, 3.8) is 0 Å². The van der Waals surface area contributed by atoms with Crippen molar-refractivity contribution in [3.05, 3.63) is 71.3 Å². The molecule has 1 aromatic heterocycles. The Morgan fingerprint density at radius 1 is 0.897 bits per heavy atom. The number of anilines is 1. The first-order valence-electron chi connectivity index (χ1n) is 9.45. The first kappa shape index (κ1) is 18.7. The first-order valence-corrected chi connectivity index (χ1v) is 9.45. The molecule has 2 aromatic carbocycles. The highest BCUT2D eigenvalue weighted by Gasteiger charge is 2.24. The number of urea groups is 1. The standard InChI is InChI=1S/C21H21N5O3/c27-19(14-26-15-22-18-9-5-4-8-17(18)20(26)28)24-10-12-25(13-11-24)21(29)23-16-6-2-1-3-7-16/h1-9,15H,10-14H2,(H,23,29). The molecule has 0 aliphatic carbocycles. The van der Waals surface area contributed by atoms with Gasteiger partial charge in [0.15, 0.2) is 0 Å². The lowest BCUT2D eigenvalue weighted by molar-refractivity contribution is -0.133. The number of amides is 3. The molecule has 4 rings (SSSR count). The van der Waals surface area contributed by atoms with E-state index in [4.69, 9.17) is 0 Å². The number of para-hydroxylation sites is 2. The average Bonchev–Trinajstić information content (AvgIpc) is 2.76. The second-order valence-corrected chi connectivity index (χ2v) is 6.86. The zero-order valence-electron chi connectivity index (χ0n) is 15.8. The fraction of sp³-hybridized carbons (Fsp3) is 0.238. The van der Waals surface area contributed by atoms with Crippen LogP contribution in [-0.4, -0.2) is 57.5 Å². The van der Waals surface area contributed by atoms with Crippen LogP contribution in [0, 0.1) is 0 Å². The Balaban J connectivity index is 1.35. The van der Waals surface area contributed by atoms with E-state index in [0.29, 0.717) is 37.1 Å². The lowest BCUT2D eigenvalue weighted by Crippen LogP contribution is -2.52. The fourth-order valence-corrected chi connectivity index (χ4v) is 3.35. The van der Waals surface area contributed by atoms with E-state index in [0.717, 1.165) is 5.69 Å². The largest absolute Gasteiger partial charge is 0.338 e. The molecule has 0 radical (unpaired) electrons. The second-order valence-electron chi connectivity index (χ2n) is 6.86. The molecule has 1 N–H and O–H groups in total. The van der Waals surface area contributed by atoms with E-state index in [9.17, 15) is 14.4 Å². The van der Waals surface area contributed by atoms with Gasteiger partial charge in [-0.05, 0) is 24.3 Å². The summed E-state index contributed by atoms with van der Waals surface area (Å²) in [6.07, 6.45) is 1.41. The van der Waals surface area contributed by atoms with Gasteiger partial charge in [-0.1, -0.05) is 30.3 Å². The molecule has 0 bridgehead atoms. The minimum Gasteiger partial charge on any atom is -0.338 e. The van der Waals surface area contributed by atoms with Crippen LogP contribution in [0.5, 0.6) is 0 Å². The van der Waals surface area contributed by atoms with Gasteiger partial charge in [-0.25, -0.2) is 9.78 Å². The van der Waals surface area contributed by atoms with Gasteiger partial charge in [-0.3, -0.25) is 14.2 Å². The minimum atomic E-state index is -0.232. The molecule has 0 saturated carbocycles. The Hall–Kier alpha value is -3.68. The van der Waals surface area contributed by atoms with Gasteiger partial charge in [0.05, 0.1) is 17.2 Å². The van der Waals surface area contributed by atoms with E-state index < -0.39 is 0 Å². The van der Waals surface area contributed by atoms with Crippen LogP contribution in [0.25, 0.3) is 10.9 Å². The molecule has 1 saturated heterocycles. The molecule has 3 aromatic rings. The number of rotatable bonds is 3. The summed E-state index contributed by atoms with van der Waals surface area (Å²) in [7, 11) is 0. The Morgan fingerprint density at radius 2 is 1.55 bits per heavy atom. The minimum absolute atomic E-state index is 0.0626. The molecular formula is C21H21N5O3. The molecule has 1 fully saturated rings. The van der Waals surface area contributed by atoms with E-state index in [1.165, 1.54) is 10.9 Å². The third-order valence-electron chi connectivity index (χ3n) is 4.98. The number of piperazine rings is 1. The Bertz CT molecular complexity index is 1090. The number of aromatic nitrogens is 2. The highest BCUT2D eigenvalue weighted by atomic mass is 16.2. The normalized spacial score (nSPS) is 14.1. The Labute approximate surface area is 167 Å². The van der Waals surface area contributed by atoms with Crippen LogP contribution in [-0.2, 0) is 11.3 Å². The summed E-state index contributed by atoms with van der Waals surface area (Å²) < 4.78 is 1.33. The maximum atomic E-state index is 12.6. The van der Waals surface area contributed by atoms with Crippen LogP contribution in [0.2, 0.25) is 0 Å². The van der Waals surface area contributed by atoms with Gasteiger partial charge in [0.2, 0.25) is 5.91 Å². The van der Waals surface area contributed by atoms with Crippen molar-refractivity contribution in [2.75, 3.05) is 31.5 Å². The summed E-state index contributed by atoms with van der Waals surface area (Å²) in [5.74, 6) is -0.160. The van der Waals surface area contributed by atoms with E-state index >= 15 is 0 Å². The molecule has 1 aliphatic heterocycles. The molecule has 2 heterocycles. The lowest BCUT2D eigenvalue weighted by atomic mass is 10.2. The van der Waals surface area contributed by atoms with Crippen LogP contribution >= 0.6 is 0 Å². The Morgan fingerprint density at radius 3 is 2.31 bits per heavy atom. The van der Waals surface area contributed by atoms with Gasteiger partial charge in [0.1, 0.15) is 6.54 Å². The summed E-state index contributed by atoms with van der Waals surface area (Å²) in [6.45, 7) is 1.67. The molecule has 29 heavy (non-hydrogen) atoms. The van der Waals surface area contributed by atoms with Crippen molar-refractivity contribution in [3.8, 4) is 0 Å². The topological polar surface area (TPSA) is 87.5 Å². The van der Waals surface area contributed by atoms with Gasteiger partial charge in [0, 0.05) is 31.9 Å². The monoisotopic (exact) mass is 391 g/mol. The molecule has 148 valence electrons. The van der Waals surface area contributed by atoms with Crippen LogP contribution in [0.3, 0.4) is 0 Å². The zero-order chi connectivity index (χ0) is 20.2. The van der Waals surface area contributed by atoms with Gasteiger partial charge in [-0.15, -0.1) is 0 Å². The maximum Gasteiger partial charge on any atom is 0.321 e. The zero-order valence-corrected chi connectivity index (χ0v) is 15.8. The molecule has 8 heteroatoms. The van der Waals surface area contributed by atoms with Crippen LogP contribution < -0.4 is 10.9 Å². The number of hydrogen-bond donors (Lipinski definition) is 1. The highest BCUT2D eigenvalue weighted by molar-refractivity contribution is 5.89. The van der Waals surface area contributed by atoms with Crippen LogP contribution in [0.4, 0.5) is 10.5 Å². The summed E-state index contributed by atoms with van der Waals surface area (Å²) >= 11 is 0. The van der Waals surface area contributed by atoms with Crippen LogP contribution in [0.1, 0.15) is 0 Å². The number of carbonyl (C=O) groups excluding carboxylic acids is 2. The SMILES string of the molecule is O=C(Cn1cnc2ccccc2c1=O)N1CCN(C(=O)Nc2ccccc2)CC1. The van der Waals surface area contributed by atoms with Gasteiger partial charge >= 0.3 is 6.03 Å². The lowest BCUT2D eigenvalue weighted by Gasteiger charge is -2.34. The third-order valence-corrected chi connectivity index (χ3v) is 4.98. The van der Waals surface area contributed by atoms with Crippen molar-refractivity contribution < 1.29 is 9.59 Å². The second kappa shape index (κ2) is 8.14. The van der Waals surface area contributed by atoms with E-state index in [-0.39, 0.29) is 24.0 Å². The highest BCUT2D eigenvalue weighted by Crippen LogP contribution is 2.10. The summed E-state index contributed by atoms with van der Waals surface area (Å²) in [6, 6.07) is 16.1. The van der Waals surface area contributed by atoms with Crippen molar-refractivity contribution >= 4 is 28.5 Å². The molecule has 1 aliphatic rings. The number of fused-ring (bicyclic) bond motifs is 1. The smallest absolute Gasteiger partial charge is 0.321 e. The average molecular weight is 391 g/mol.